The average molecular weight is 263 g/mol. The van der Waals surface area contributed by atoms with Crippen molar-refractivity contribution in [1.82, 2.24) is 15.1 Å². The van der Waals surface area contributed by atoms with Crippen molar-refractivity contribution in [1.29, 1.82) is 0 Å². The van der Waals surface area contributed by atoms with Gasteiger partial charge in [0, 0.05) is 24.8 Å². The van der Waals surface area contributed by atoms with Crippen molar-refractivity contribution in [3.05, 3.63) is 17.5 Å². The van der Waals surface area contributed by atoms with E-state index in [9.17, 15) is 0 Å². The Labute approximate surface area is 117 Å². The molecule has 108 valence electrons. The van der Waals surface area contributed by atoms with Gasteiger partial charge in [0.2, 0.25) is 0 Å². The second-order valence-corrected chi connectivity index (χ2v) is 6.08. The average Bonchev–Trinajstić information content (AvgIpc) is 2.75. The highest BCUT2D eigenvalue weighted by Crippen LogP contribution is 2.39. The fourth-order valence-corrected chi connectivity index (χ4v) is 3.68. The van der Waals surface area contributed by atoms with E-state index in [0.717, 1.165) is 18.4 Å². The molecule has 1 fully saturated rings. The van der Waals surface area contributed by atoms with E-state index in [1.807, 2.05) is 11.7 Å². The zero-order chi connectivity index (χ0) is 13.8. The molecule has 0 bridgehead atoms. The Morgan fingerprint density at radius 2 is 2.21 bits per heavy atom. The van der Waals surface area contributed by atoms with Crippen LogP contribution in [0.2, 0.25) is 0 Å². The Morgan fingerprint density at radius 3 is 2.79 bits per heavy atom. The molecule has 1 N–H and O–H groups in total. The number of rotatable bonds is 5. The summed E-state index contributed by atoms with van der Waals surface area (Å²) in [6, 6.07) is 0.494. The minimum atomic E-state index is 0.494. The van der Waals surface area contributed by atoms with Crippen LogP contribution < -0.4 is 5.32 Å². The molecule has 19 heavy (non-hydrogen) atoms. The van der Waals surface area contributed by atoms with E-state index in [-0.39, 0.29) is 0 Å². The highest BCUT2D eigenvalue weighted by molar-refractivity contribution is 5.21. The van der Waals surface area contributed by atoms with Crippen LogP contribution in [0.1, 0.15) is 63.3 Å². The summed E-state index contributed by atoms with van der Waals surface area (Å²) in [6.07, 6.45) is 9.10. The molecule has 3 atom stereocenters. The largest absolute Gasteiger partial charge is 0.310 e. The number of hydrogen-bond donors (Lipinski definition) is 1. The van der Waals surface area contributed by atoms with Crippen molar-refractivity contribution in [3.63, 3.8) is 0 Å². The first-order valence-electron chi connectivity index (χ1n) is 7.89. The molecule has 1 aromatic rings. The molecule has 0 spiro atoms. The fraction of sp³-hybridized carbons (Fsp3) is 0.812. The first-order chi connectivity index (χ1) is 9.15. The van der Waals surface area contributed by atoms with Gasteiger partial charge in [-0.1, -0.05) is 33.1 Å². The molecule has 1 saturated carbocycles. The standard InChI is InChI=1S/C16H29N3/c1-5-13-8-7-9-14(10-13)16(17-6-2)15-11-19(4)18-12(15)3/h11,13-14,16-17H,5-10H2,1-4H3. The van der Waals surface area contributed by atoms with Crippen LogP contribution in [0.5, 0.6) is 0 Å². The molecule has 2 rings (SSSR count). The second kappa shape index (κ2) is 6.56. The molecule has 1 aromatic heterocycles. The third kappa shape index (κ3) is 3.38. The van der Waals surface area contributed by atoms with E-state index in [2.05, 4.69) is 37.4 Å². The van der Waals surface area contributed by atoms with Crippen molar-refractivity contribution >= 4 is 0 Å². The molecule has 0 aromatic carbocycles. The van der Waals surface area contributed by atoms with Crippen LogP contribution in [0.15, 0.2) is 6.20 Å². The maximum Gasteiger partial charge on any atom is 0.0641 e. The lowest BCUT2D eigenvalue weighted by Crippen LogP contribution is -2.31. The molecular weight excluding hydrogens is 234 g/mol. The first-order valence-corrected chi connectivity index (χ1v) is 7.89. The van der Waals surface area contributed by atoms with Crippen LogP contribution >= 0.6 is 0 Å². The molecule has 3 heteroatoms. The predicted molar refractivity (Wildman–Crippen MR) is 80.1 cm³/mol. The van der Waals surface area contributed by atoms with Gasteiger partial charge in [-0.25, -0.2) is 0 Å². The first kappa shape index (κ1) is 14.6. The van der Waals surface area contributed by atoms with E-state index in [1.54, 1.807) is 0 Å². The summed E-state index contributed by atoms with van der Waals surface area (Å²) in [7, 11) is 2.02. The highest BCUT2D eigenvalue weighted by Gasteiger charge is 2.30. The number of nitrogens with one attached hydrogen (secondary N) is 1. The Hall–Kier alpha value is -0.830. The summed E-state index contributed by atoms with van der Waals surface area (Å²) in [5.74, 6) is 1.71. The van der Waals surface area contributed by atoms with Gasteiger partial charge in [-0.2, -0.15) is 5.10 Å². The summed E-state index contributed by atoms with van der Waals surface area (Å²) < 4.78 is 1.95. The molecular formula is C16H29N3. The van der Waals surface area contributed by atoms with Crippen LogP contribution in [-0.2, 0) is 7.05 Å². The summed E-state index contributed by atoms with van der Waals surface area (Å²) in [5.41, 5.74) is 2.60. The van der Waals surface area contributed by atoms with Gasteiger partial charge < -0.3 is 5.32 Å². The lowest BCUT2D eigenvalue weighted by Gasteiger charge is -2.34. The van der Waals surface area contributed by atoms with E-state index in [0.29, 0.717) is 6.04 Å². The summed E-state index contributed by atoms with van der Waals surface area (Å²) in [4.78, 5) is 0. The Morgan fingerprint density at radius 1 is 1.42 bits per heavy atom. The minimum Gasteiger partial charge on any atom is -0.310 e. The molecule has 3 nitrogen and oxygen atoms in total. The second-order valence-electron chi connectivity index (χ2n) is 6.08. The van der Waals surface area contributed by atoms with Crippen molar-refractivity contribution in [3.8, 4) is 0 Å². The van der Waals surface area contributed by atoms with E-state index in [1.165, 1.54) is 43.4 Å². The van der Waals surface area contributed by atoms with Crippen molar-refractivity contribution in [2.45, 2.75) is 58.9 Å². The minimum absolute atomic E-state index is 0.494. The van der Waals surface area contributed by atoms with Gasteiger partial charge in [0.1, 0.15) is 0 Å². The molecule has 1 aliphatic rings. The molecule has 0 saturated heterocycles. The number of nitrogens with zero attached hydrogens (tertiary/aromatic N) is 2. The smallest absolute Gasteiger partial charge is 0.0641 e. The topological polar surface area (TPSA) is 29.9 Å². The third-order valence-electron chi connectivity index (χ3n) is 4.68. The van der Waals surface area contributed by atoms with Crippen LogP contribution in [0, 0.1) is 18.8 Å². The normalized spacial score (nSPS) is 25.5. The van der Waals surface area contributed by atoms with Gasteiger partial charge in [-0.3, -0.25) is 4.68 Å². The Kier molecular flexibility index (Phi) is 5.03. The van der Waals surface area contributed by atoms with E-state index in [4.69, 9.17) is 0 Å². The van der Waals surface area contributed by atoms with Crippen molar-refractivity contribution < 1.29 is 0 Å². The molecule has 0 radical (unpaired) electrons. The van der Waals surface area contributed by atoms with Gasteiger partial charge >= 0.3 is 0 Å². The molecule has 0 aliphatic heterocycles. The summed E-state index contributed by atoms with van der Waals surface area (Å²) >= 11 is 0. The van der Waals surface area contributed by atoms with Crippen LogP contribution in [0.25, 0.3) is 0 Å². The third-order valence-corrected chi connectivity index (χ3v) is 4.68. The zero-order valence-electron chi connectivity index (χ0n) is 12.9. The Bertz CT molecular complexity index is 397. The monoisotopic (exact) mass is 263 g/mol. The van der Waals surface area contributed by atoms with Crippen LogP contribution in [0.3, 0.4) is 0 Å². The molecule has 1 heterocycles. The number of aryl methyl sites for hydroxylation is 2. The van der Waals surface area contributed by atoms with E-state index >= 15 is 0 Å². The van der Waals surface area contributed by atoms with Crippen molar-refractivity contribution in [2.24, 2.45) is 18.9 Å². The quantitative estimate of drug-likeness (QED) is 0.879. The summed E-state index contributed by atoms with van der Waals surface area (Å²) in [5, 5.41) is 8.24. The van der Waals surface area contributed by atoms with Crippen molar-refractivity contribution in [2.75, 3.05) is 6.54 Å². The van der Waals surface area contributed by atoms with Gasteiger partial charge in [0.15, 0.2) is 0 Å². The summed E-state index contributed by atoms with van der Waals surface area (Å²) in [6.45, 7) is 7.72. The van der Waals surface area contributed by atoms with Crippen LogP contribution in [-0.4, -0.2) is 16.3 Å². The fourth-order valence-electron chi connectivity index (χ4n) is 3.68. The van der Waals surface area contributed by atoms with Crippen LogP contribution in [0.4, 0.5) is 0 Å². The van der Waals surface area contributed by atoms with Gasteiger partial charge in [-0.05, 0) is 38.1 Å². The predicted octanol–water partition coefficient (Wildman–Crippen LogP) is 3.60. The maximum absolute atomic E-state index is 4.52. The zero-order valence-corrected chi connectivity index (χ0v) is 12.9. The number of hydrogen-bond acceptors (Lipinski definition) is 2. The lowest BCUT2D eigenvalue weighted by atomic mass is 9.75. The maximum atomic E-state index is 4.52. The van der Waals surface area contributed by atoms with Gasteiger partial charge in [0.05, 0.1) is 5.69 Å². The SMILES string of the molecule is CCNC(c1cn(C)nc1C)C1CCCC(CC)C1. The van der Waals surface area contributed by atoms with Gasteiger partial charge in [0.25, 0.3) is 0 Å². The number of aromatic nitrogens is 2. The van der Waals surface area contributed by atoms with E-state index < -0.39 is 0 Å². The molecule has 0 amide bonds. The highest BCUT2D eigenvalue weighted by atomic mass is 15.3. The lowest BCUT2D eigenvalue weighted by molar-refractivity contribution is 0.210. The Balaban J connectivity index is 2.17. The molecule has 3 unspecified atom stereocenters. The van der Waals surface area contributed by atoms with Gasteiger partial charge in [-0.15, -0.1) is 0 Å². The molecule has 1 aliphatic carbocycles.